The Bertz CT molecular complexity index is 444. The van der Waals surface area contributed by atoms with Crippen LogP contribution in [0.3, 0.4) is 0 Å². The standard InChI is InChI=1S/C16H26O2Si/c1-13(17)10-14-8-7-9-15(11-14)12-18-19(5,6)16(2,3)4/h7-9,11H,10,12H2,1-6H3. The fourth-order valence-corrected chi connectivity index (χ4v) is 2.56. The fourth-order valence-electron chi connectivity index (χ4n) is 1.60. The molecule has 0 saturated heterocycles. The second-order valence-electron chi connectivity index (χ2n) is 6.75. The average molecular weight is 278 g/mol. The molecule has 0 amide bonds. The molecule has 0 N–H and O–H groups in total. The van der Waals surface area contributed by atoms with E-state index in [1.165, 1.54) is 0 Å². The van der Waals surface area contributed by atoms with Gasteiger partial charge >= 0.3 is 0 Å². The number of rotatable bonds is 5. The Morgan fingerprint density at radius 3 is 2.32 bits per heavy atom. The van der Waals surface area contributed by atoms with Gasteiger partial charge in [-0.3, -0.25) is 4.79 Å². The quantitative estimate of drug-likeness (QED) is 0.749. The Kier molecular flexibility index (Phi) is 5.10. The van der Waals surface area contributed by atoms with Crippen molar-refractivity contribution >= 4 is 14.1 Å². The smallest absolute Gasteiger partial charge is 0.192 e. The summed E-state index contributed by atoms with van der Waals surface area (Å²) >= 11 is 0. The van der Waals surface area contributed by atoms with E-state index >= 15 is 0 Å². The topological polar surface area (TPSA) is 26.3 Å². The molecule has 0 unspecified atom stereocenters. The molecule has 0 bridgehead atoms. The summed E-state index contributed by atoms with van der Waals surface area (Å²) in [7, 11) is -1.70. The van der Waals surface area contributed by atoms with Crippen molar-refractivity contribution in [2.45, 2.75) is 58.9 Å². The van der Waals surface area contributed by atoms with Crippen molar-refractivity contribution in [3.8, 4) is 0 Å². The van der Waals surface area contributed by atoms with Crippen LogP contribution >= 0.6 is 0 Å². The molecule has 1 aromatic rings. The Labute approximate surface area is 118 Å². The predicted molar refractivity (Wildman–Crippen MR) is 82.8 cm³/mol. The number of hydrogen-bond acceptors (Lipinski definition) is 2. The molecule has 106 valence electrons. The highest BCUT2D eigenvalue weighted by Gasteiger charge is 2.36. The summed E-state index contributed by atoms with van der Waals surface area (Å²) in [5.74, 6) is 0.197. The first-order valence-corrected chi connectivity index (χ1v) is 9.74. The molecule has 1 rings (SSSR count). The maximum absolute atomic E-state index is 11.1. The first-order valence-electron chi connectivity index (χ1n) is 6.83. The molecule has 2 nitrogen and oxygen atoms in total. The van der Waals surface area contributed by atoms with E-state index in [4.69, 9.17) is 4.43 Å². The predicted octanol–water partition coefficient (Wildman–Crippen LogP) is 4.34. The summed E-state index contributed by atoms with van der Waals surface area (Å²) in [6, 6.07) is 8.14. The zero-order valence-corrected chi connectivity index (χ0v) is 14.0. The van der Waals surface area contributed by atoms with Gasteiger partial charge in [0.2, 0.25) is 0 Å². The van der Waals surface area contributed by atoms with Crippen molar-refractivity contribution in [2.75, 3.05) is 0 Å². The van der Waals surface area contributed by atoms with Crippen molar-refractivity contribution in [1.82, 2.24) is 0 Å². The SMILES string of the molecule is CC(=O)Cc1cccc(CO[Si](C)(C)C(C)(C)C)c1. The summed E-state index contributed by atoms with van der Waals surface area (Å²) in [5.41, 5.74) is 2.23. The third-order valence-electron chi connectivity index (χ3n) is 3.85. The van der Waals surface area contributed by atoms with E-state index in [1.807, 2.05) is 12.1 Å². The number of ketones is 1. The van der Waals surface area contributed by atoms with E-state index in [1.54, 1.807) is 6.92 Å². The molecule has 1 aromatic carbocycles. The normalized spacial score (nSPS) is 12.5. The van der Waals surface area contributed by atoms with Crippen LogP contribution in [0.4, 0.5) is 0 Å². The van der Waals surface area contributed by atoms with Crippen molar-refractivity contribution in [1.29, 1.82) is 0 Å². The molecule has 0 saturated carbocycles. The van der Waals surface area contributed by atoms with Crippen LogP contribution in [0.5, 0.6) is 0 Å². The minimum absolute atomic E-state index is 0.197. The second kappa shape index (κ2) is 6.01. The summed E-state index contributed by atoms with van der Waals surface area (Å²) in [6.45, 7) is 13.5. The summed E-state index contributed by atoms with van der Waals surface area (Å²) in [6.07, 6.45) is 0.508. The maximum Gasteiger partial charge on any atom is 0.192 e. The van der Waals surface area contributed by atoms with Crippen LogP contribution in [0.15, 0.2) is 24.3 Å². The Morgan fingerprint density at radius 1 is 1.21 bits per heavy atom. The first-order chi connectivity index (χ1) is 8.62. The molecule has 0 spiro atoms. The molecule has 19 heavy (non-hydrogen) atoms. The lowest BCUT2D eigenvalue weighted by Crippen LogP contribution is -2.40. The Morgan fingerprint density at radius 2 is 1.79 bits per heavy atom. The highest BCUT2D eigenvalue weighted by molar-refractivity contribution is 6.74. The third-order valence-corrected chi connectivity index (χ3v) is 8.33. The van der Waals surface area contributed by atoms with Gasteiger partial charge in [0, 0.05) is 6.42 Å². The van der Waals surface area contributed by atoms with Crippen molar-refractivity contribution in [3.05, 3.63) is 35.4 Å². The van der Waals surface area contributed by atoms with Gasteiger partial charge in [-0.05, 0) is 36.2 Å². The second-order valence-corrected chi connectivity index (χ2v) is 11.6. The molecular formula is C16H26O2Si. The van der Waals surface area contributed by atoms with E-state index in [0.717, 1.165) is 11.1 Å². The van der Waals surface area contributed by atoms with Gasteiger partial charge in [0.05, 0.1) is 6.61 Å². The van der Waals surface area contributed by atoms with Crippen molar-refractivity contribution in [2.24, 2.45) is 0 Å². The molecule has 0 aliphatic carbocycles. The third kappa shape index (κ3) is 4.92. The van der Waals surface area contributed by atoms with Gasteiger partial charge in [0.1, 0.15) is 5.78 Å². The molecule has 0 fully saturated rings. The number of Topliss-reactive ketones (excluding diaryl/α,β-unsaturated/α-hetero) is 1. The molecule has 0 aromatic heterocycles. The Balaban J connectivity index is 2.71. The zero-order chi connectivity index (χ0) is 14.7. The van der Waals surface area contributed by atoms with E-state index in [2.05, 4.69) is 46.0 Å². The van der Waals surface area contributed by atoms with Crippen LogP contribution in [0.1, 0.15) is 38.8 Å². The summed E-state index contributed by atoms with van der Waals surface area (Å²) < 4.78 is 6.19. The van der Waals surface area contributed by atoms with Gasteiger partial charge in [-0.25, -0.2) is 0 Å². The van der Waals surface area contributed by atoms with Crippen LogP contribution in [0.2, 0.25) is 18.1 Å². The number of carbonyl (C=O) groups excluding carboxylic acids is 1. The van der Waals surface area contributed by atoms with Crippen LogP contribution in [0, 0.1) is 0 Å². The van der Waals surface area contributed by atoms with Crippen LogP contribution in [0.25, 0.3) is 0 Å². The zero-order valence-electron chi connectivity index (χ0n) is 13.0. The lowest BCUT2D eigenvalue weighted by Gasteiger charge is -2.36. The molecule has 0 radical (unpaired) electrons. The highest BCUT2D eigenvalue weighted by atomic mass is 28.4. The van der Waals surface area contributed by atoms with E-state index in [9.17, 15) is 4.79 Å². The maximum atomic E-state index is 11.1. The largest absolute Gasteiger partial charge is 0.413 e. The minimum Gasteiger partial charge on any atom is -0.413 e. The van der Waals surface area contributed by atoms with Crippen molar-refractivity contribution in [3.63, 3.8) is 0 Å². The molecule has 0 heterocycles. The van der Waals surface area contributed by atoms with Gasteiger partial charge < -0.3 is 4.43 Å². The van der Waals surface area contributed by atoms with Crippen molar-refractivity contribution < 1.29 is 9.22 Å². The van der Waals surface area contributed by atoms with E-state index < -0.39 is 8.32 Å². The molecule has 0 atom stereocenters. The molecular weight excluding hydrogens is 252 g/mol. The van der Waals surface area contributed by atoms with Gasteiger partial charge in [-0.15, -0.1) is 0 Å². The number of hydrogen-bond donors (Lipinski definition) is 0. The summed E-state index contributed by atoms with van der Waals surface area (Å²) in [5, 5.41) is 0.226. The number of benzene rings is 1. The lowest BCUT2D eigenvalue weighted by atomic mass is 10.1. The average Bonchev–Trinajstić information content (AvgIpc) is 2.24. The van der Waals surface area contributed by atoms with E-state index in [-0.39, 0.29) is 10.8 Å². The van der Waals surface area contributed by atoms with E-state index in [0.29, 0.717) is 13.0 Å². The molecule has 3 heteroatoms. The summed E-state index contributed by atoms with van der Waals surface area (Å²) in [4.78, 5) is 11.1. The van der Waals surface area contributed by atoms with Gasteiger partial charge in [0.15, 0.2) is 8.32 Å². The van der Waals surface area contributed by atoms with Gasteiger partial charge in [-0.2, -0.15) is 0 Å². The van der Waals surface area contributed by atoms with Gasteiger partial charge in [-0.1, -0.05) is 45.0 Å². The fraction of sp³-hybridized carbons (Fsp3) is 0.562. The van der Waals surface area contributed by atoms with Crippen LogP contribution in [-0.2, 0) is 22.2 Å². The molecule has 0 aliphatic heterocycles. The number of carbonyl (C=O) groups is 1. The van der Waals surface area contributed by atoms with Gasteiger partial charge in [0.25, 0.3) is 0 Å². The van der Waals surface area contributed by atoms with Crippen LogP contribution in [-0.4, -0.2) is 14.1 Å². The first kappa shape index (κ1) is 16.1. The molecule has 0 aliphatic rings. The van der Waals surface area contributed by atoms with Crippen LogP contribution < -0.4 is 0 Å². The monoisotopic (exact) mass is 278 g/mol. The lowest BCUT2D eigenvalue weighted by molar-refractivity contribution is -0.116. The Hall–Kier alpha value is -0.933. The highest BCUT2D eigenvalue weighted by Crippen LogP contribution is 2.37. The minimum atomic E-state index is -1.70.